The van der Waals surface area contributed by atoms with Crippen LogP contribution in [0.25, 0.3) is 0 Å². The number of carbonyl (C=O) groups excluding carboxylic acids is 4. The van der Waals surface area contributed by atoms with Crippen LogP contribution >= 0.6 is 23.5 Å². The highest BCUT2D eigenvalue weighted by Gasteiger charge is 2.32. The van der Waals surface area contributed by atoms with E-state index >= 15 is 0 Å². The van der Waals surface area contributed by atoms with Gasteiger partial charge in [-0.05, 0) is 37.4 Å². The summed E-state index contributed by atoms with van der Waals surface area (Å²) in [6.45, 7) is 11.2. The number of piperazine rings is 1. The minimum absolute atomic E-state index is 0.00761. The van der Waals surface area contributed by atoms with Gasteiger partial charge < -0.3 is 69.5 Å². The number of anilines is 1. The third kappa shape index (κ3) is 20.3. The van der Waals surface area contributed by atoms with E-state index in [0.29, 0.717) is 102 Å². The first-order valence-electron chi connectivity index (χ1n) is 24.1. The molecule has 396 valence electrons. The number of hydrogen-bond donors (Lipinski definition) is 8. The number of carbonyl (C=O) groups is 4. The Morgan fingerprint density at radius 2 is 1.59 bits per heavy atom. The molecule has 4 aliphatic heterocycles. The fourth-order valence-electron chi connectivity index (χ4n) is 7.59. The van der Waals surface area contributed by atoms with Crippen molar-refractivity contribution in [3.05, 3.63) is 53.8 Å². The summed E-state index contributed by atoms with van der Waals surface area (Å²) in [6, 6.07) is 11.1. The standard InChI is InChI=1S/C46H72FN11O11S2/c1-32-26-49-44(61)52-43(32)71-40(42(60)48-27-33-4-7-38(63-3)25-39(33)47)30-68-21-19-65-17-16-64-15-14-58-28-36(54-55-58)29-67-20-18-66-22-23-69-37-8-5-34(6-9-37)50-45(62)53-46-51-35(31-70-46)24-41(59)57-12-10-56(2)11-13-57/h4-9,25,32,35-36,40,43,46,51,54-55H,10-24,26-31H2,1-3H3,(H,48,60)(H2,49,52,61)(H2,50,53,62)/t32?,35?,36?,40-,43?,46?/m0/s1. The van der Waals surface area contributed by atoms with Crippen LogP contribution in [0.1, 0.15) is 18.9 Å². The molecule has 8 N–H and O–H groups in total. The largest absolute Gasteiger partial charge is 0.497 e. The van der Waals surface area contributed by atoms with E-state index in [0.717, 1.165) is 38.5 Å². The van der Waals surface area contributed by atoms with Crippen LogP contribution in [0.15, 0.2) is 42.5 Å². The molecular formula is C46H72FN11O11S2. The molecule has 0 radical (unpaired) electrons. The number of hydrazine groups is 2. The van der Waals surface area contributed by atoms with E-state index in [-0.39, 0.29) is 72.5 Å². The molecule has 2 aromatic carbocycles. The lowest BCUT2D eigenvalue weighted by molar-refractivity contribution is -0.133. The highest BCUT2D eigenvalue weighted by molar-refractivity contribution is 8.01. The van der Waals surface area contributed by atoms with Gasteiger partial charge in [-0.15, -0.1) is 23.5 Å². The van der Waals surface area contributed by atoms with Crippen LogP contribution in [-0.2, 0) is 39.8 Å². The van der Waals surface area contributed by atoms with Gasteiger partial charge in [-0.3, -0.25) is 14.9 Å². The van der Waals surface area contributed by atoms with Crippen LogP contribution in [0.2, 0.25) is 0 Å². The van der Waals surface area contributed by atoms with Crippen LogP contribution in [-0.4, -0.2) is 205 Å². The Hall–Kier alpha value is -4.25. The van der Waals surface area contributed by atoms with E-state index in [4.69, 9.17) is 33.2 Å². The summed E-state index contributed by atoms with van der Waals surface area (Å²) in [6.07, 6.45) is 0.424. The van der Waals surface area contributed by atoms with E-state index < -0.39 is 11.1 Å². The Morgan fingerprint density at radius 3 is 2.34 bits per heavy atom. The molecule has 5 unspecified atom stereocenters. The monoisotopic (exact) mass is 1040 g/mol. The lowest BCUT2D eigenvalue weighted by Crippen LogP contribution is -2.54. The summed E-state index contributed by atoms with van der Waals surface area (Å²) < 4.78 is 54.0. The SMILES string of the molecule is COc1ccc(CNC(=O)[C@H](COCCOCCOCCN2CC(COCCOCCOc3ccc(NC(=O)NC4NC(CC(=O)N5CCN(C)CC5)CS4)cc3)NN2)SC2NC(=O)NCC2C)c(F)c1. The second-order valence-electron chi connectivity index (χ2n) is 17.4. The highest BCUT2D eigenvalue weighted by atomic mass is 32.2. The number of hydrogen-bond acceptors (Lipinski definition) is 18. The Labute approximate surface area is 423 Å². The van der Waals surface area contributed by atoms with Gasteiger partial charge in [0.2, 0.25) is 11.8 Å². The molecule has 22 nitrogen and oxygen atoms in total. The Bertz CT molecular complexity index is 1950. The van der Waals surface area contributed by atoms with Crippen molar-refractivity contribution < 1.29 is 56.7 Å². The first-order valence-corrected chi connectivity index (χ1v) is 26.1. The molecule has 4 saturated heterocycles. The number of halogens is 1. The number of benzene rings is 2. The van der Waals surface area contributed by atoms with Crippen LogP contribution < -0.4 is 52.3 Å². The molecule has 6 atom stereocenters. The maximum atomic E-state index is 14.5. The molecule has 0 aliphatic carbocycles. The summed E-state index contributed by atoms with van der Waals surface area (Å²) in [5, 5.41) is 18.6. The molecule has 0 saturated carbocycles. The van der Waals surface area contributed by atoms with Gasteiger partial charge in [0, 0.05) is 93.8 Å². The molecule has 0 bridgehead atoms. The van der Waals surface area contributed by atoms with Crippen LogP contribution in [0, 0.1) is 11.7 Å². The van der Waals surface area contributed by atoms with Gasteiger partial charge in [-0.2, -0.15) is 5.53 Å². The zero-order valence-electron chi connectivity index (χ0n) is 40.9. The number of amides is 6. The molecule has 4 heterocycles. The van der Waals surface area contributed by atoms with E-state index in [1.807, 2.05) is 16.8 Å². The Morgan fingerprint density at radius 1 is 0.887 bits per heavy atom. The molecule has 25 heteroatoms. The van der Waals surface area contributed by atoms with Gasteiger partial charge in [0.15, 0.2) is 0 Å². The number of rotatable bonds is 30. The first kappa shape index (κ1) is 56.1. The quantitative estimate of drug-likeness (QED) is 0.0509. The zero-order valence-corrected chi connectivity index (χ0v) is 42.5. The maximum absolute atomic E-state index is 14.5. The topological polar surface area (TPSA) is 239 Å². The molecule has 2 aromatic rings. The van der Waals surface area contributed by atoms with Crippen molar-refractivity contribution in [1.29, 1.82) is 0 Å². The third-order valence-corrected chi connectivity index (χ3v) is 14.5. The second-order valence-corrected chi connectivity index (χ2v) is 19.9. The minimum atomic E-state index is -0.657. The lowest BCUT2D eigenvalue weighted by atomic mass is 10.1. The van der Waals surface area contributed by atoms with Crippen LogP contribution in [0.4, 0.5) is 19.7 Å². The summed E-state index contributed by atoms with van der Waals surface area (Å²) >= 11 is 2.88. The second kappa shape index (κ2) is 30.7. The van der Waals surface area contributed by atoms with Crippen molar-refractivity contribution in [2.24, 2.45) is 5.92 Å². The molecular weight excluding hydrogens is 966 g/mol. The molecule has 4 aliphatic rings. The number of thioether (sulfide) groups is 2. The summed E-state index contributed by atoms with van der Waals surface area (Å²) in [5.74, 6) is 1.21. The normalized spacial score (nSPS) is 22.1. The summed E-state index contributed by atoms with van der Waals surface area (Å²) in [5.41, 5.74) is 7.04. The van der Waals surface area contributed by atoms with Crippen LogP contribution in [0.3, 0.4) is 0 Å². The van der Waals surface area contributed by atoms with E-state index in [1.54, 1.807) is 48.2 Å². The fourth-order valence-corrected chi connectivity index (χ4v) is 9.98. The van der Waals surface area contributed by atoms with Gasteiger partial charge in [0.1, 0.15) is 34.7 Å². The van der Waals surface area contributed by atoms with Crippen molar-refractivity contribution in [3.8, 4) is 11.5 Å². The molecule has 6 amide bonds. The Kier molecular flexibility index (Phi) is 24.2. The average Bonchev–Trinajstić information content (AvgIpc) is 4.02. The van der Waals surface area contributed by atoms with E-state index in [9.17, 15) is 23.6 Å². The van der Waals surface area contributed by atoms with Crippen molar-refractivity contribution in [3.63, 3.8) is 0 Å². The minimum Gasteiger partial charge on any atom is -0.497 e. The van der Waals surface area contributed by atoms with Crippen LogP contribution in [0.5, 0.6) is 11.5 Å². The van der Waals surface area contributed by atoms with Gasteiger partial charge in [-0.1, -0.05) is 13.0 Å². The van der Waals surface area contributed by atoms with Crippen molar-refractivity contribution in [2.75, 3.05) is 144 Å². The first-order chi connectivity index (χ1) is 34.5. The number of nitrogens with zero attached hydrogens (tertiary/aromatic N) is 3. The van der Waals surface area contributed by atoms with Gasteiger partial charge in [0.25, 0.3) is 0 Å². The summed E-state index contributed by atoms with van der Waals surface area (Å²) in [7, 11) is 3.52. The van der Waals surface area contributed by atoms with E-state index in [1.165, 1.54) is 24.9 Å². The smallest absolute Gasteiger partial charge is 0.321 e. The number of ether oxygens (including phenoxy) is 7. The van der Waals surface area contributed by atoms with Crippen molar-refractivity contribution >= 4 is 53.1 Å². The third-order valence-electron chi connectivity index (χ3n) is 11.8. The molecule has 4 fully saturated rings. The summed E-state index contributed by atoms with van der Waals surface area (Å²) in [4.78, 5) is 54.7. The molecule has 0 aromatic heterocycles. The lowest BCUT2D eigenvalue weighted by Gasteiger charge is -2.33. The molecule has 6 rings (SSSR count). The average molecular weight is 1040 g/mol. The zero-order chi connectivity index (χ0) is 50.2. The maximum Gasteiger partial charge on any atom is 0.321 e. The van der Waals surface area contributed by atoms with Gasteiger partial charge in [0.05, 0.1) is 84.6 Å². The van der Waals surface area contributed by atoms with Crippen molar-refractivity contribution in [2.45, 2.75) is 48.1 Å². The predicted octanol–water partition coefficient (Wildman–Crippen LogP) is 0.957. The molecule has 0 spiro atoms. The number of urea groups is 2. The number of methoxy groups -OCH3 is 1. The Balaban J connectivity index is 0.721. The van der Waals surface area contributed by atoms with Gasteiger partial charge in [-0.25, -0.2) is 24.4 Å². The predicted molar refractivity (Wildman–Crippen MR) is 267 cm³/mol. The fraction of sp³-hybridized carbons (Fsp3) is 0.652. The number of nitrogens with one attached hydrogen (secondary N) is 8. The van der Waals surface area contributed by atoms with Crippen molar-refractivity contribution in [1.82, 2.24) is 52.4 Å². The number of likely N-dealkylation sites (N-methyl/N-ethyl adjacent to an activating group) is 1. The van der Waals surface area contributed by atoms with E-state index in [2.05, 4.69) is 54.8 Å². The molecule has 71 heavy (non-hydrogen) atoms. The van der Waals surface area contributed by atoms with Gasteiger partial charge >= 0.3 is 12.1 Å². The highest BCUT2D eigenvalue weighted by Crippen LogP contribution is 2.26.